The fourth-order valence-corrected chi connectivity index (χ4v) is 2.44. The molecule has 0 fully saturated rings. The first-order valence-electron chi connectivity index (χ1n) is 5.73. The van der Waals surface area contributed by atoms with Gasteiger partial charge in [0, 0.05) is 22.9 Å². The molecule has 0 spiro atoms. The zero-order valence-corrected chi connectivity index (χ0v) is 11.4. The highest BCUT2D eigenvalue weighted by molar-refractivity contribution is 9.10. The summed E-state index contributed by atoms with van der Waals surface area (Å²) in [7, 11) is 0. The Hall–Kier alpha value is -1.26. The molecule has 0 saturated heterocycles. The van der Waals surface area contributed by atoms with Crippen LogP contribution in [0.2, 0.25) is 0 Å². The van der Waals surface area contributed by atoms with Gasteiger partial charge in [-0.15, -0.1) is 0 Å². The molecule has 94 valence electrons. The molecule has 1 atom stereocenters. The van der Waals surface area contributed by atoms with Crippen molar-refractivity contribution in [1.29, 1.82) is 0 Å². The number of halogens is 2. The van der Waals surface area contributed by atoms with Crippen molar-refractivity contribution in [2.45, 2.75) is 18.9 Å². The Kier molecular flexibility index (Phi) is 4.44. The van der Waals surface area contributed by atoms with Crippen molar-refractivity contribution in [2.75, 3.05) is 0 Å². The lowest BCUT2D eigenvalue weighted by Crippen LogP contribution is -2.25. The molecule has 0 amide bonds. The van der Waals surface area contributed by atoms with E-state index >= 15 is 0 Å². The predicted molar refractivity (Wildman–Crippen MR) is 73.7 cm³/mol. The minimum absolute atomic E-state index is 0.0390. The first-order chi connectivity index (χ1) is 8.63. The van der Waals surface area contributed by atoms with Crippen molar-refractivity contribution in [2.24, 2.45) is 5.73 Å². The van der Waals surface area contributed by atoms with Crippen LogP contribution < -0.4 is 5.73 Å². The zero-order valence-electron chi connectivity index (χ0n) is 9.81. The van der Waals surface area contributed by atoms with Gasteiger partial charge in [0.05, 0.1) is 0 Å². The smallest absolute Gasteiger partial charge is 0.124 e. The highest BCUT2D eigenvalue weighted by atomic mass is 79.9. The van der Waals surface area contributed by atoms with Gasteiger partial charge < -0.3 is 5.73 Å². The molecule has 18 heavy (non-hydrogen) atoms. The molecule has 1 aromatic heterocycles. The van der Waals surface area contributed by atoms with E-state index in [1.54, 1.807) is 12.4 Å². The summed E-state index contributed by atoms with van der Waals surface area (Å²) in [6, 6.07) is 8.70. The quantitative estimate of drug-likeness (QED) is 0.942. The van der Waals surface area contributed by atoms with Gasteiger partial charge in [-0.2, -0.15) is 0 Å². The molecule has 4 heteroatoms. The standard InChI is InChI=1S/C14H14BrFN2/c15-12-4-11(5-13(16)8-12)7-14(17)6-10-2-1-3-18-9-10/h1-5,8-9,14H,6-7,17H2. The highest BCUT2D eigenvalue weighted by Gasteiger charge is 2.07. The van der Waals surface area contributed by atoms with E-state index in [1.807, 2.05) is 18.2 Å². The first-order valence-corrected chi connectivity index (χ1v) is 6.52. The van der Waals surface area contributed by atoms with Crippen LogP contribution in [0.3, 0.4) is 0 Å². The lowest BCUT2D eigenvalue weighted by molar-refractivity contribution is 0.617. The summed E-state index contributed by atoms with van der Waals surface area (Å²) in [4.78, 5) is 4.05. The molecular weight excluding hydrogens is 295 g/mol. The molecule has 0 radical (unpaired) electrons. The van der Waals surface area contributed by atoms with Crippen LogP contribution in [0, 0.1) is 5.82 Å². The number of nitrogens with zero attached hydrogens (tertiary/aromatic N) is 1. The Morgan fingerprint density at radius 2 is 2.00 bits per heavy atom. The number of nitrogens with two attached hydrogens (primary N) is 1. The van der Waals surface area contributed by atoms with Crippen molar-refractivity contribution >= 4 is 15.9 Å². The molecule has 1 heterocycles. The molecule has 1 unspecified atom stereocenters. The van der Waals surface area contributed by atoms with Crippen LogP contribution in [0.5, 0.6) is 0 Å². The predicted octanol–water partition coefficient (Wildman–Crippen LogP) is 3.10. The van der Waals surface area contributed by atoms with Gasteiger partial charge in [-0.25, -0.2) is 4.39 Å². The maximum atomic E-state index is 13.2. The van der Waals surface area contributed by atoms with Crippen LogP contribution in [0.25, 0.3) is 0 Å². The Bertz CT molecular complexity index is 496. The van der Waals surface area contributed by atoms with Crippen LogP contribution in [0.4, 0.5) is 4.39 Å². The maximum Gasteiger partial charge on any atom is 0.124 e. The second kappa shape index (κ2) is 6.07. The summed E-state index contributed by atoms with van der Waals surface area (Å²) in [6.07, 6.45) is 4.92. The normalized spacial score (nSPS) is 12.4. The fourth-order valence-electron chi connectivity index (χ4n) is 1.93. The highest BCUT2D eigenvalue weighted by Crippen LogP contribution is 2.16. The maximum absolute atomic E-state index is 13.2. The Balaban J connectivity index is 2.01. The molecule has 1 aromatic carbocycles. The van der Waals surface area contributed by atoms with Crippen LogP contribution >= 0.6 is 15.9 Å². The molecule has 0 saturated carbocycles. The van der Waals surface area contributed by atoms with Crippen LogP contribution in [-0.2, 0) is 12.8 Å². The minimum atomic E-state index is -0.243. The van der Waals surface area contributed by atoms with Crippen molar-refractivity contribution in [1.82, 2.24) is 4.98 Å². The second-order valence-electron chi connectivity index (χ2n) is 4.31. The van der Waals surface area contributed by atoms with Crippen LogP contribution in [0.1, 0.15) is 11.1 Å². The summed E-state index contributed by atoms with van der Waals surface area (Å²) in [6.45, 7) is 0. The molecule has 2 rings (SSSR count). The van der Waals surface area contributed by atoms with Gasteiger partial charge in [-0.05, 0) is 48.2 Å². The summed E-state index contributed by atoms with van der Waals surface area (Å²) in [5.41, 5.74) is 8.07. The molecular formula is C14H14BrFN2. The fraction of sp³-hybridized carbons (Fsp3) is 0.214. The molecule has 0 bridgehead atoms. The number of hydrogen-bond acceptors (Lipinski definition) is 2. The topological polar surface area (TPSA) is 38.9 Å². The number of hydrogen-bond donors (Lipinski definition) is 1. The van der Waals surface area contributed by atoms with Gasteiger partial charge in [-0.1, -0.05) is 22.0 Å². The zero-order chi connectivity index (χ0) is 13.0. The third kappa shape index (κ3) is 3.89. The van der Waals surface area contributed by atoms with Gasteiger partial charge in [0.25, 0.3) is 0 Å². The van der Waals surface area contributed by atoms with Crippen molar-refractivity contribution in [3.63, 3.8) is 0 Å². The molecule has 0 aliphatic rings. The van der Waals surface area contributed by atoms with Gasteiger partial charge in [0.1, 0.15) is 5.82 Å². The third-order valence-electron chi connectivity index (χ3n) is 2.64. The lowest BCUT2D eigenvalue weighted by Gasteiger charge is -2.12. The van der Waals surface area contributed by atoms with Crippen molar-refractivity contribution in [3.8, 4) is 0 Å². The monoisotopic (exact) mass is 308 g/mol. The molecule has 0 aliphatic carbocycles. The SMILES string of the molecule is NC(Cc1cccnc1)Cc1cc(F)cc(Br)c1. The summed E-state index contributed by atoms with van der Waals surface area (Å²) < 4.78 is 14.0. The average Bonchev–Trinajstić information content (AvgIpc) is 2.28. The average molecular weight is 309 g/mol. The van der Waals surface area contributed by atoms with Gasteiger partial charge in [0.2, 0.25) is 0 Å². The Labute approximate surface area is 114 Å². The number of pyridine rings is 1. The van der Waals surface area contributed by atoms with Crippen LogP contribution in [0.15, 0.2) is 47.2 Å². The Morgan fingerprint density at radius 3 is 2.67 bits per heavy atom. The second-order valence-corrected chi connectivity index (χ2v) is 5.22. The molecule has 2 N–H and O–H groups in total. The van der Waals surface area contributed by atoms with Crippen LogP contribution in [-0.4, -0.2) is 11.0 Å². The van der Waals surface area contributed by atoms with E-state index < -0.39 is 0 Å². The molecule has 2 nitrogen and oxygen atoms in total. The van der Waals surface area contributed by atoms with E-state index in [0.717, 1.165) is 22.0 Å². The number of rotatable bonds is 4. The van der Waals surface area contributed by atoms with Crippen molar-refractivity contribution in [3.05, 3.63) is 64.1 Å². The summed E-state index contributed by atoms with van der Waals surface area (Å²) >= 11 is 3.28. The van der Waals surface area contributed by atoms with Gasteiger partial charge in [0.15, 0.2) is 0 Å². The summed E-state index contributed by atoms with van der Waals surface area (Å²) in [5, 5.41) is 0. The number of aromatic nitrogens is 1. The lowest BCUT2D eigenvalue weighted by atomic mass is 10.0. The van der Waals surface area contributed by atoms with Gasteiger partial charge >= 0.3 is 0 Å². The molecule has 0 aliphatic heterocycles. The van der Waals surface area contributed by atoms with E-state index in [1.165, 1.54) is 12.1 Å². The third-order valence-corrected chi connectivity index (χ3v) is 3.10. The van der Waals surface area contributed by atoms with E-state index in [2.05, 4.69) is 20.9 Å². The van der Waals surface area contributed by atoms with Crippen molar-refractivity contribution < 1.29 is 4.39 Å². The summed E-state index contributed by atoms with van der Waals surface area (Å²) in [5.74, 6) is -0.243. The number of benzene rings is 1. The molecule has 2 aromatic rings. The Morgan fingerprint density at radius 1 is 1.22 bits per heavy atom. The largest absolute Gasteiger partial charge is 0.327 e. The van der Waals surface area contributed by atoms with E-state index in [0.29, 0.717) is 6.42 Å². The van der Waals surface area contributed by atoms with E-state index in [-0.39, 0.29) is 11.9 Å². The van der Waals surface area contributed by atoms with E-state index in [4.69, 9.17) is 5.73 Å². The minimum Gasteiger partial charge on any atom is -0.327 e. The van der Waals surface area contributed by atoms with E-state index in [9.17, 15) is 4.39 Å². The van der Waals surface area contributed by atoms with Gasteiger partial charge in [-0.3, -0.25) is 4.98 Å². The first kappa shape index (κ1) is 13.2.